The molecule has 1 aromatic rings. The van der Waals surface area contributed by atoms with Crippen LogP contribution in [0.3, 0.4) is 0 Å². The van der Waals surface area contributed by atoms with Gasteiger partial charge >= 0.3 is 0 Å². The van der Waals surface area contributed by atoms with Crippen molar-refractivity contribution in [2.75, 3.05) is 19.6 Å². The van der Waals surface area contributed by atoms with Crippen LogP contribution < -0.4 is 5.32 Å². The average molecular weight is 274 g/mol. The monoisotopic (exact) mass is 274 g/mol. The predicted molar refractivity (Wildman–Crippen MR) is 87.0 cm³/mol. The van der Waals surface area contributed by atoms with Crippen LogP contribution in [-0.4, -0.2) is 30.6 Å². The van der Waals surface area contributed by atoms with Gasteiger partial charge in [-0.2, -0.15) is 0 Å². The molecular formula is C18H30N2. The second-order valence-electron chi connectivity index (χ2n) is 6.44. The molecule has 0 bridgehead atoms. The van der Waals surface area contributed by atoms with Crippen molar-refractivity contribution in [2.24, 2.45) is 5.92 Å². The third-order valence-electron chi connectivity index (χ3n) is 4.71. The van der Waals surface area contributed by atoms with E-state index in [1.165, 1.54) is 30.5 Å². The molecule has 20 heavy (non-hydrogen) atoms. The highest BCUT2D eigenvalue weighted by Gasteiger charge is 2.25. The van der Waals surface area contributed by atoms with Crippen LogP contribution in [0.1, 0.15) is 50.8 Å². The molecule has 0 aliphatic carbocycles. The lowest BCUT2D eigenvalue weighted by atomic mass is 9.92. The van der Waals surface area contributed by atoms with Gasteiger partial charge in [0.2, 0.25) is 0 Å². The molecule has 112 valence electrons. The molecule has 0 saturated carbocycles. The number of nitrogens with zero attached hydrogens (tertiary/aromatic N) is 1. The minimum atomic E-state index is 0.456. The fraction of sp³-hybridized carbons (Fsp3) is 0.667. The summed E-state index contributed by atoms with van der Waals surface area (Å²) in [4.78, 5) is 2.67. The summed E-state index contributed by atoms with van der Waals surface area (Å²) < 4.78 is 0. The van der Waals surface area contributed by atoms with Crippen LogP contribution in [0, 0.1) is 12.8 Å². The standard InChI is InChI=1S/C18H30N2/c1-5-19-18(17-9-7-6-8-15(17)3)13-20-11-10-14(2)12-16(20)4/h6-9,14,16,18-19H,5,10-13H2,1-4H3. The van der Waals surface area contributed by atoms with Crippen LogP contribution in [0.4, 0.5) is 0 Å². The van der Waals surface area contributed by atoms with Crippen molar-refractivity contribution in [1.29, 1.82) is 0 Å². The molecule has 1 aliphatic heterocycles. The molecule has 0 spiro atoms. The molecule has 1 heterocycles. The largest absolute Gasteiger partial charge is 0.309 e. The van der Waals surface area contributed by atoms with E-state index in [9.17, 15) is 0 Å². The van der Waals surface area contributed by atoms with Gasteiger partial charge in [-0.3, -0.25) is 4.90 Å². The van der Waals surface area contributed by atoms with Crippen LogP contribution in [0.15, 0.2) is 24.3 Å². The number of hydrogen-bond acceptors (Lipinski definition) is 2. The highest BCUT2D eigenvalue weighted by atomic mass is 15.2. The smallest absolute Gasteiger partial charge is 0.0451 e. The van der Waals surface area contributed by atoms with Gasteiger partial charge in [0.05, 0.1) is 0 Å². The Balaban J connectivity index is 2.08. The van der Waals surface area contributed by atoms with Gasteiger partial charge in [0.25, 0.3) is 0 Å². The van der Waals surface area contributed by atoms with Crippen LogP contribution >= 0.6 is 0 Å². The van der Waals surface area contributed by atoms with Crippen LogP contribution in [0.25, 0.3) is 0 Å². The van der Waals surface area contributed by atoms with Crippen molar-refractivity contribution < 1.29 is 0 Å². The second-order valence-corrected chi connectivity index (χ2v) is 6.44. The Morgan fingerprint density at radius 3 is 2.70 bits per heavy atom. The van der Waals surface area contributed by atoms with E-state index in [2.05, 4.69) is 62.2 Å². The predicted octanol–water partition coefficient (Wildman–Crippen LogP) is 3.77. The minimum absolute atomic E-state index is 0.456. The zero-order valence-corrected chi connectivity index (χ0v) is 13.5. The molecule has 3 atom stereocenters. The third-order valence-corrected chi connectivity index (χ3v) is 4.71. The normalized spacial score (nSPS) is 25.6. The maximum atomic E-state index is 3.68. The Labute approximate surface area is 124 Å². The summed E-state index contributed by atoms with van der Waals surface area (Å²) in [5.41, 5.74) is 2.86. The number of likely N-dealkylation sites (tertiary alicyclic amines) is 1. The summed E-state index contributed by atoms with van der Waals surface area (Å²) in [6.45, 7) is 12.6. The molecule has 1 N–H and O–H groups in total. The topological polar surface area (TPSA) is 15.3 Å². The number of likely N-dealkylation sites (N-methyl/N-ethyl adjacent to an activating group) is 1. The second kappa shape index (κ2) is 7.24. The molecule has 2 nitrogen and oxygen atoms in total. The molecule has 0 aromatic heterocycles. The van der Waals surface area contributed by atoms with Gasteiger partial charge in [-0.25, -0.2) is 0 Å². The highest BCUT2D eigenvalue weighted by Crippen LogP contribution is 2.25. The first-order chi connectivity index (χ1) is 9.61. The summed E-state index contributed by atoms with van der Waals surface area (Å²) in [5, 5.41) is 3.68. The fourth-order valence-corrected chi connectivity index (χ4v) is 3.46. The minimum Gasteiger partial charge on any atom is -0.309 e. The van der Waals surface area contributed by atoms with E-state index in [1.807, 2.05) is 0 Å². The van der Waals surface area contributed by atoms with E-state index in [1.54, 1.807) is 0 Å². The number of hydrogen-bond donors (Lipinski definition) is 1. The van der Waals surface area contributed by atoms with Crippen molar-refractivity contribution in [3.63, 3.8) is 0 Å². The SMILES string of the molecule is CCNC(CN1CCC(C)CC1C)c1ccccc1C. The third kappa shape index (κ3) is 3.83. The molecule has 1 saturated heterocycles. The van der Waals surface area contributed by atoms with E-state index in [4.69, 9.17) is 0 Å². The molecule has 0 amide bonds. The molecule has 1 aromatic carbocycles. The van der Waals surface area contributed by atoms with Gasteiger partial charge in [0, 0.05) is 18.6 Å². The van der Waals surface area contributed by atoms with Crippen molar-refractivity contribution in [3.05, 3.63) is 35.4 Å². The Morgan fingerprint density at radius 2 is 2.05 bits per heavy atom. The molecule has 2 rings (SSSR count). The van der Waals surface area contributed by atoms with Gasteiger partial charge < -0.3 is 5.32 Å². The van der Waals surface area contributed by atoms with Crippen LogP contribution in [0.5, 0.6) is 0 Å². The summed E-state index contributed by atoms with van der Waals surface area (Å²) in [7, 11) is 0. The first-order valence-corrected chi connectivity index (χ1v) is 8.14. The van der Waals surface area contributed by atoms with Crippen molar-refractivity contribution in [2.45, 2.75) is 52.6 Å². The quantitative estimate of drug-likeness (QED) is 0.879. The Hall–Kier alpha value is -0.860. The van der Waals surface area contributed by atoms with Crippen molar-refractivity contribution >= 4 is 0 Å². The number of benzene rings is 1. The Kier molecular flexibility index (Phi) is 5.62. The zero-order valence-electron chi connectivity index (χ0n) is 13.5. The summed E-state index contributed by atoms with van der Waals surface area (Å²) in [6.07, 6.45) is 2.68. The van der Waals surface area contributed by atoms with Crippen molar-refractivity contribution in [3.8, 4) is 0 Å². The van der Waals surface area contributed by atoms with E-state index >= 15 is 0 Å². The van der Waals surface area contributed by atoms with Gasteiger partial charge in [-0.05, 0) is 56.8 Å². The summed E-state index contributed by atoms with van der Waals surface area (Å²) in [6, 6.07) is 9.96. The zero-order chi connectivity index (χ0) is 14.5. The maximum absolute atomic E-state index is 3.68. The van der Waals surface area contributed by atoms with Gasteiger partial charge in [0.1, 0.15) is 0 Å². The van der Waals surface area contributed by atoms with Gasteiger partial charge in [0.15, 0.2) is 0 Å². The Morgan fingerprint density at radius 1 is 1.30 bits per heavy atom. The van der Waals surface area contributed by atoms with E-state index < -0.39 is 0 Å². The van der Waals surface area contributed by atoms with E-state index in [0.29, 0.717) is 12.1 Å². The van der Waals surface area contributed by atoms with E-state index in [-0.39, 0.29) is 0 Å². The van der Waals surface area contributed by atoms with Gasteiger partial charge in [-0.1, -0.05) is 38.1 Å². The number of aryl methyl sites for hydroxylation is 1. The molecular weight excluding hydrogens is 244 g/mol. The lowest BCUT2D eigenvalue weighted by molar-refractivity contribution is 0.117. The lowest BCUT2D eigenvalue weighted by Gasteiger charge is -2.39. The number of nitrogens with one attached hydrogen (secondary N) is 1. The lowest BCUT2D eigenvalue weighted by Crippen LogP contribution is -2.44. The fourth-order valence-electron chi connectivity index (χ4n) is 3.46. The van der Waals surface area contributed by atoms with E-state index in [0.717, 1.165) is 19.0 Å². The first kappa shape index (κ1) is 15.5. The molecule has 1 aliphatic rings. The van der Waals surface area contributed by atoms with Crippen molar-refractivity contribution in [1.82, 2.24) is 10.2 Å². The van der Waals surface area contributed by atoms with Crippen LogP contribution in [0.2, 0.25) is 0 Å². The highest BCUT2D eigenvalue weighted by molar-refractivity contribution is 5.29. The van der Waals surface area contributed by atoms with Gasteiger partial charge in [-0.15, -0.1) is 0 Å². The summed E-state index contributed by atoms with van der Waals surface area (Å²) in [5.74, 6) is 0.886. The average Bonchev–Trinajstić information content (AvgIpc) is 2.42. The molecule has 1 fully saturated rings. The number of piperidine rings is 1. The molecule has 3 unspecified atom stereocenters. The maximum Gasteiger partial charge on any atom is 0.0451 e. The van der Waals surface area contributed by atoms with Crippen LogP contribution in [-0.2, 0) is 0 Å². The number of rotatable bonds is 5. The first-order valence-electron chi connectivity index (χ1n) is 8.14. The molecule has 2 heteroatoms. The molecule has 0 radical (unpaired) electrons. The summed E-state index contributed by atoms with van der Waals surface area (Å²) >= 11 is 0. The Bertz CT molecular complexity index is 416.